The van der Waals surface area contributed by atoms with E-state index in [4.69, 9.17) is 0 Å². The van der Waals surface area contributed by atoms with Crippen LogP contribution in [0.15, 0.2) is 0 Å². The monoisotopic (exact) mass is 246 g/mol. The first-order valence-electron chi connectivity index (χ1n) is 7.18. The second kappa shape index (κ2) is 8.34. The van der Waals surface area contributed by atoms with Crippen molar-refractivity contribution in [2.75, 3.05) is 6.16 Å². The molecule has 2 unspecified atom stereocenters. The van der Waals surface area contributed by atoms with Gasteiger partial charge in [0, 0.05) is 11.3 Å². The number of hydrogen-bond acceptors (Lipinski definition) is 1. The summed E-state index contributed by atoms with van der Waals surface area (Å²) in [7, 11) is -1.95. The van der Waals surface area contributed by atoms with Crippen LogP contribution >= 0.6 is 7.14 Å². The fraction of sp³-hybridized carbons (Fsp3) is 1.00. The molecule has 0 aromatic rings. The highest BCUT2D eigenvalue weighted by atomic mass is 31.2. The molecule has 0 bridgehead atoms. The number of hydrogen-bond donors (Lipinski definition) is 0. The molecule has 16 heavy (non-hydrogen) atoms. The molecule has 0 aliphatic carbocycles. The third-order valence-electron chi connectivity index (χ3n) is 3.92. The molecule has 0 fully saturated rings. The zero-order chi connectivity index (χ0) is 12.6. The second-order valence-electron chi connectivity index (χ2n) is 4.87. The Kier molecular flexibility index (Phi) is 8.46. The molecule has 0 aromatic heterocycles. The van der Waals surface area contributed by atoms with Gasteiger partial charge in [-0.05, 0) is 31.8 Å². The van der Waals surface area contributed by atoms with E-state index in [0.29, 0.717) is 11.3 Å². The largest absolute Gasteiger partial charge is 0.323 e. The molecule has 0 aromatic carbocycles. The van der Waals surface area contributed by atoms with E-state index in [9.17, 15) is 4.57 Å². The molecule has 1 nitrogen and oxygen atoms in total. The summed E-state index contributed by atoms with van der Waals surface area (Å²) in [5, 5.41) is 0. The van der Waals surface area contributed by atoms with Crippen molar-refractivity contribution >= 4 is 7.14 Å². The summed E-state index contributed by atoms with van der Waals surface area (Å²) in [6.45, 7) is 11.0. The molecule has 0 N–H and O–H groups in total. The van der Waals surface area contributed by atoms with Crippen LogP contribution in [0.25, 0.3) is 0 Å². The van der Waals surface area contributed by atoms with Crippen LogP contribution in [0.5, 0.6) is 0 Å². The minimum atomic E-state index is -1.95. The fourth-order valence-corrected chi connectivity index (χ4v) is 7.20. The van der Waals surface area contributed by atoms with Crippen molar-refractivity contribution in [1.82, 2.24) is 0 Å². The van der Waals surface area contributed by atoms with Crippen LogP contribution in [0, 0.1) is 0 Å². The molecule has 0 rings (SSSR count). The van der Waals surface area contributed by atoms with Crippen molar-refractivity contribution in [2.45, 2.75) is 84.5 Å². The van der Waals surface area contributed by atoms with Crippen molar-refractivity contribution in [3.05, 3.63) is 0 Å². The summed E-state index contributed by atoms with van der Waals surface area (Å²) in [5.41, 5.74) is 0.970. The second-order valence-corrected chi connectivity index (χ2v) is 8.67. The van der Waals surface area contributed by atoms with E-state index >= 15 is 0 Å². The van der Waals surface area contributed by atoms with Gasteiger partial charge in [0.25, 0.3) is 0 Å². The summed E-state index contributed by atoms with van der Waals surface area (Å²) in [6.07, 6.45) is 7.75. The third kappa shape index (κ3) is 3.91. The fourth-order valence-electron chi connectivity index (χ4n) is 2.94. The molecule has 0 aliphatic rings. The lowest BCUT2D eigenvalue weighted by atomic mass is 10.2. The first-order chi connectivity index (χ1) is 7.60. The Hall–Kier alpha value is 0.230. The van der Waals surface area contributed by atoms with Crippen molar-refractivity contribution < 1.29 is 4.57 Å². The molecule has 2 atom stereocenters. The minimum Gasteiger partial charge on any atom is -0.323 e. The lowest BCUT2D eigenvalue weighted by Crippen LogP contribution is -2.19. The topological polar surface area (TPSA) is 17.1 Å². The third-order valence-corrected chi connectivity index (χ3v) is 8.62. The van der Waals surface area contributed by atoms with Gasteiger partial charge >= 0.3 is 0 Å². The Bertz CT molecular complexity index is 195. The van der Waals surface area contributed by atoms with Crippen LogP contribution in [0.4, 0.5) is 0 Å². The van der Waals surface area contributed by atoms with Crippen molar-refractivity contribution in [3.63, 3.8) is 0 Å². The Morgan fingerprint density at radius 1 is 0.812 bits per heavy atom. The first-order valence-corrected chi connectivity index (χ1v) is 9.21. The van der Waals surface area contributed by atoms with E-state index in [-0.39, 0.29) is 0 Å². The Balaban J connectivity index is 4.89. The smallest absolute Gasteiger partial charge is 0.0933 e. The first kappa shape index (κ1) is 16.2. The predicted octanol–water partition coefficient (Wildman–Crippen LogP) is 5.53. The summed E-state index contributed by atoms with van der Waals surface area (Å²) in [4.78, 5) is 0. The normalized spacial score (nSPS) is 19.1. The van der Waals surface area contributed by atoms with Gasteiger partial charge in [0.1, 0.15) is 0 Å². The lowest BCUT2D eigenvalue weighted by molar-refractivity contribution is 0.528. The standard InChI is InChI=1S/C14H31OP/c1-6-11-13(8-3)16(15,10-5)14(9-4)12-7-2/h13-14H,6-12H2,1-5H3. The predicted molar refractivity (Wildman–Crippen MR) is 76.1 cm³/mol. The summed E-state index contributed by atoms with van der Waals surface area (Å²) in [5.74, 6) is 0. The van der Waals surface area contributed by atoms with Crippen LogP contribution in [0.1, 0.15) is 73.1 Å². The molecule has 0 spiro atoms. The SMILES string of the molecule is CCCC(CC)P(=O)(CC)C(CC)CCC. The van der Waals surface area contributed by atoms with Gasteiger partial charge in [0.15, 0.2) is 0 Å². The maximum absolute atomic E-state index is 13.2. The maximum atomic E-state index is 13.2. The highest BCUT2D eigenvalue weighted by Gasteiger charge is 2.35. The quantitative estimate of drug-likeness (QED) is 0.489. The van der Waals surface area contributed by atoms with E-state index in [1.165, 1.54) is 12.8 Å². The van der Waals surface area contributed by atoms with Crippen molar-refractivity contribution in [1.29, 1.82) is 0 Å². The molecule has 0 saturated carbocycles. The summed E-state index contributed by atoms with van der Waals surface area (Å²) >= 11 is 0. The van der Waals surface area contributed by atoms with Gasteiger partial charge in [-0.15, -0.1) is 0 Å². The van der Waals surface area contributed by atoms with Gasteiger partial charge in [-0.25, -0.2) is 0 Å². The lowest BCUT2D eigenvalue weighted by Gasteiger charge is -2.33. The Morgan fingerprint density at radius 2 is 1.19 bits per heavy atom. The molecule has 2 heteroatoms. The van der Waals surface area contributed by atoms with Crippen LogP contribution in [-0.2, 0) is 4.57 Å². The van der Waals surface area contributed by atoms with Gasteiger partial charge in [0.2, 0.25) is 0 Å². The zero-order valence-electron chi connectivity index (χ0n) is 12.0. The molecule has 0 heterocycles. The number of rotatable bonds is 9. The van der Waals surface area contributed by atoms with E-state index < -0.39 is 7.14 Å². The van der Waals surface area contributed by atoms with Gasteiger partial charge in [-0.3, -0.25) is 0 Å². The van der Waals surface area contributed by atoms with E-state index in [0.717, 1.165) is 31.8 Å². The summed E-state index contributed by atoms with van der Waals surface area (Å²) in [6, 6.07) is 0. The van der Waals surface area contributed by atoms with Gasteiger partial charge in [-0.1, -0.05) is 47.5 Å². The Morgan fingerprint density at radius 3 is 1.38 bits per heavy atom. The molecular weight excluding hydrogens is 215 g/mol. The molecular formula is C14H31OP. The molecule has 0 aliphatic heterocycles. The molecule has 98 valence electrons. The van der Waals surface area contributed by atoms with Gasteiger partial charge in [-0.2, -0.15) is 0 Å². The van der Waals surface area contributed by atoms with Crippen LogP contribution < -0.4 is 0 Å². The zero-order valence-corrected chi connectivity index (χ0v) is 12.9. The van der Waals surface area contributed by atoms with E-state index in [1.54, 1.807) is 0 Å². The van der Waals surface area contributed by atoms with Crippen LogP contribution in [0.3, 0.4) is 0 Å². The summed E-state index contributed by atoms with van der Waals surface area (Å²) < 4.78 is 13.2. The maximum Gasteiger partial charge on any atom is 0.0933 e. The van der Waals surface area contributed by atoms with E-state index in [2.05, 4.69) is 34.6 Å². The molecule has 0 radical (unpaired) electrons. The average molecular weight is 246 g/mol. The molecule has 0 amide bonds. The van der Waals surface area contributed by atoms with Gasteiger partial charge in [0.05, 0.1) is 7.14 Å². The average Bonchev–Trinajstić information content (AvgIpc) is 2.31. The highest BCUT2D eigenvalue weighted by molar-refractivity contribution is 7.65. The minimum absolute atomic E-state index is 0.485. The van der Waals surface area contributed by atoms with E-state index in [1.807, 2.05) is 0 Å². The van der Waals surface area contributed by atoms with Crippen LogP contribution in [0.2, 0.25) is 0 Å². The van der Waals surface area contributed by atoms with Crippen LogP contribution in [-0.4, -0.2) is 17.5 Å². The highest BCUT2D eigenvalue weighted by Crippen LogP contribution is 2.59. The van der Waals surface area contributed by atoms with Crippen molar-refractivity contribution in [3.8, 4) is 0 Å². The van der Waals surface area contributed by atoms with Gasteiger partial charge < -0.3 is 4.57 Å². The Labute approximate surface area is 103 Å². The van der Waals surface area contributed by atoms with Crippen molar-refractivity contribution in [2.24, 2.45) is 0 Å². The molecule has 0 saturated heterocycles.